The van der Waals surface area contributed by atoms with E-state index in [1.54, 1.807) is 0 Å². The molecule has 8 N–H and O–H groups in total. The predicted octanol–water partition coefficient (Wildman–Crippen LogP) is -14.9. The maximum absolute atomic E-state index is 13.9. The van der Waals surface area contributed by atoms with Crippen molar-refractivity contribution < 1.29 is 197 Å². The Balaban J connectivity index is 0.00000392. The van der Waals surface area contributed by atoms with Gasteiger partial charge in [-0.3, -0.25) is 0 Å². The summed E-state index contributed by atoms with van der Waals surface area (Å²) in [6.45, 7) is 0. The van der Waals surface area contributed by atoms with Gasteiger partial charge in [-0.05, 0) is 47.9 Å². The third kappa shape index (κ3) is 15.9. The van der Waals surface area contributed by atoms with Crippen LogP contribution < -0.4 is 158 Å². The predicted molar refractivity (Wildman–Crippen MR) is 175 cm³/mol. The molecule has 1 aliphatic carbocycles. The number of benzene rings is 4. The first kappa shape index (κ1) is 55.3. The van der Waals surface area contributed by atoms with Crippen LogP contribution in [0.25, 0.3) is 0 Å². The molecule has 280 valence electrons. The maximum Gasteiger partial charge on any atom is 1.00 e. The van der Waals surface area contributed by atoms with Crippen molar-refractivity contribution in [2.24, 2.45) is 0 Å². The van der Waals surface area contributed by atoms with Gasteiger partial charge in [-0.2, -0.15) is 0 Å². The van der Waals surface area contributed by atoms with Crippen LogP contribution in [0.3, 0.4) is 0 Å². The average molecular weight is 888 g/mol. The van der Waals surface area contributed by atoms with Crippen molar-refractivity contribution in [3.63, 3.8) is 0 Å². The molecule has 0 heterocycles. The van der Waals surface area contributed by atoms with Gasteiger partial charge in [0.1, 0.15) is 24.6 Å². The molecule has 16 nitrogen and oxygen atoms in total. The minimum absolute atomic E-state index is 0. The monoisotopic (exact) mass is 888 g/mol. The fraction of sp³-hybridized carbons (Fsp3) is 0.250. The van der Waals surface area contributed by atoms with Crippen LogP contribution in [0.5, 0.6) is 23.0 Å². The minimum Gasteiger partial charge on any atom is -0.872 e. The molecule has 0 saturated carbocycles. The molecular formula is C32H32Na4O16P4. The molecule has 1 aliphatic rings. The van der Waals surface area contributed by atoms with E-state index in [0.717, 1.165) is 48.5 Å². The van der Waals surface area contributed by atoms with Crippen molar-refractivity contribution in [2.45, 2.75) is 50.3 Å². The summed E-state index contributed by atoms with van der Waals surface area (Å²) in [4.78, 5) is 126. The summed E-state index contributed by atoms with van der Waals surface area (Å²) in [5.74, 6) is -2.95. The van der Waals surface area contributed by atoms with E-state index in [2.05, 4.69) is 0 Å². The van der Waals surface area contributed by atoms with E-state index in [4.69, 9.17) is 0 Å². The third-order valence-electron chi connectivity index (χ3n) is 8.29. The van der Waals surface area contributed by atoms with Crippen LogP contribution in [0.2, 0.25) is 0 Å². The third-order valence-corrected chi connectivity index (χ3v) is 11.4. The van der Waals surface area contributed by atoms with Crippen LogP contribution in [-0.4, -0.2) is 39.1 Å². The van der Waals surface area contributed by atoms with E-state index in [1.807, 2.05) is 0 Å². The molecule has 8 bridgehead atoms. The van der Waals surface area contributed by atoms with Gasteiger partial charge in [0.25, 0.3) is 0 Å². The summed E-state index contributed by atoms with van der Waals surface area (Å²) in [5, 5.41) is 55.6. The zero-order chi connectivity index (χ0) is 38.6. The summed E-state index contributed by atoms with van der Waals surface area (Å²) in [7, 11) is -19.0. The van der Waals surface area contributed by atoms with Gasteiger partial charge >= 0.3 is 118 Å². The Bertz CT molecular complexity index is 1640. The van der Waals surface area contributed by atoms with Crippen molar-refractivity contribution in [3.05, 3.63) is 115 Å². The number of rotatable bonds is 8. The molecule has 56 heavy (non-hydrogen) atoms. The van der Waals surface area contributed by atoms with Crippen molar-refractivity contribution in [1.29, 1.82) is 0 Å². The average Bonchev–Trinajstić information content (AvgIpc) is 2.94. The van der Waals surface area contributed by atoms with E-state index >= 15 is 0 Å². The quantitative estimate of drug-likeness (QED) is 0.0530. The topological polar surface area (TPSA) is 346 Å². The van der Waals surface area contributed by atoms with Gasteiger partial charge < -0.3 is 40.0 Å². The van der Waals surface area contributed by atoms with Gasteiger partial charge in [-0.1, -0.05) is 93.0 Å². The Morgan fingerprint density at radius 3 is 0.554 bits per heavy atom. The molecule has 4 aromatic carbocycles. The summed E-state index contributed by atoms with van der Waals surface area (Å²) >= 11 is 0. The normalized spacial score (nSPS) is 13.1. The van der Waals surface area contributed by atoms with E-state index < -0.39 is 105 Å². The Morgan fingerprint density at radius 1 is 0.321 bits per heavy atom. The second kappa shape index (κ2) is 21.6. The van der Waals surface area contributed by atoms with E-state index in [-0.39, 0.29) is 185 Å². The Hall–Kier alpha value is 1.32. The molecule has 0 fully saturated rings. The summed E-state index contributed by atoms with van der Waals surface area (Å²) in [6.07, 6.45) is -5.41. The van der Waals surface area contributed by atoms with Gasteiger partial charge in [-0.15, -0.1) is 23.0 Å². The van der Waals surface area contributed by atoms with Crippen LogP contribution in [0, 0.1) is 0 Å². The van der Waals surface area contributed by atoms with Gasteiger partial charge in [0.15, 0.2) is 0 Å². The van der Waals surface area contributed by atoms with Crippen LogP contribution >= 0.6 is 31.8 Å². The van der Waals surface area contributed by atoms with Crippen LogP contribution in [0.1, 0.15) is 66.8 Å². The smallest absolute Gasteiger partial charge is 0.872 e. The summed E-state index contributed by atoms with van der Waals surface area (Å²) in [5.41, 5.74) is -1.51. The number of fused-ring (bicyclic) bond motifs is 8. The molecule has 0 amide bonds. The number of hydrogen-bond acceptors (Lipinski definition) is 16. The Morgan fingerprint density at radius 2 is 0.446 bits per heavy atom. The first-order valence-corrected chi connectivity index (χ1v) is 22.5. The van der Waals surface area contributed by atoms with Crippen molar-refractivity contribution in [2.75, 3.05) is 0 Å². The second-order valence-electron chi connectivity index (χ2n) is 13.0. The van der Waals surface area contributed by atoms with Gasteiger partial charge in [0.05, 0.1) is 0 Å². The van der Waals surface area contributed by atoms with E-state index in [0.29, 0.717) is 0 Å². The van der Waals surface area contributed by atoms with E-state index in [9.17, 15) is 79.1 Å². The first-order valence-electron chi connectivity index (χ1n) is 15.3. The molecule has 0 radical (unpaired) electrons. The zero-order valence-corrected chi connectivity index (χ0v) is 42.5. The van der Waals surface area contributed by atoms with Crippen molar-refractivity contribution >= 4 is 31.8 Å². The molecule has 24 heteroatoms. The molecule has 0 unspecified atom stereocenters. The van der Waals surface area contributed by atoms with Gasteiger partial charge in [-0.25, -0.2) is 39.1 Å². The fourth-order valence-corrected chi connectivity index (χ4v) is 9.13. The molecule has 0 atom stereocenters. The molecular weight excluding hydrogens is 856 g/mol. The van der Waals surface area contributed by atoms with Crippen LogP contribution in [0.15, 0.2) is 48.5 Å². The second-order valence-corrected chi connectivity index (χ2v) is 19.6. The molecule has 0 spiro atoms. The van der Waals surface area contributed by atoms with Crippen LogP contribution in [0.4, 0.5) is 0 Å². The van der Waals surface area contributed by atoms with Gasteiger partial charge in [0.2, 0.25) is 31.8 Å². The SMILES string of the molecule is [Na+].[Na+].[Na+].[Na+].[O-]c1c2cc(C[P+]([O-])(O)O)cc1Cc1cc(C[P+]([O-])(O)O)cc(c1[O-])Cc1cc(C[P+]([O-])(O)O)cc(c1[O-])Cc1cc(C[P+]([O-])(O)O)cc(c1[O-])C2. The molecule has 0 aromatic heterocycles. The van der Waals surface area contributed by atoms with Crippen molar-refractivity contribution in [3.8, 4) is 23.0 Å². The minimum atomic E-state index is -4.74. The Labute approximate surface area is 412 Å². The van der Waals surface area contributed by atoms with E-state index in [1.165, 1.54) is 0 Å². The molecule has 0 aliphatic heterocycles. The summed E-state index contributed by atoms with van der Waals surface area (Å²) in [6, 6.07) is 9.25. The van der Waals surface area contributed by atoms with Crippen molar-refractivity contribution in [1.82, 2.24) is 0 Å². The largest absolute Gasteiger partial charge is 1.00 e. The molecule has 0 saturated heterocycles. The first-order chi connectivity index (χ1) is 23.8. The Kier molecular flexibility index (Phi) is 21.3. The summed E-state index contributed by atoms with van der Waals surface area (Å²) < 4.78 is 0. The molecule has 4 aromatic rings. The molecule has 5 rings (SSSR count). The number of hydrogen-bond donors (Lipinski definition) is 8. The van der Waals surface area contributed by atoms with Crippen LogP contribution in [-0.2, 0) is 50.3 Å². The fourth-order valence-electron chi connectivity index (χ4n) is 6.49. The zero-order valence-electron chi connectivity index (χ0n) is 30.9. The van der Waals surface area contributed by atoms with Gasteiger partial charge in [0, 0.05) is 0 Å². The maximum atomic E-state index is 13.9. The standard InChI is InChI=1S/C32H36O16P4.4Na/c33-29-21-1-17(13-49(37,38)39)2-22(29)10-24-5-19(15-51(43,44)45)6-27(31(24)35)12-28-8-20(16-52(46,47)48)7-26(32(28)36)11-25-4-18(14-50(40,41)42)3-23(9-21)30(25)34;;;;/h1-8,33-36H,9-16H2,(H2,37,38,39)(H2,40,41,42)(H2,43,44,45)(H2,46,47,48);;;;/q;4*+1/p-4.